The largest absolute Gasteiger partial charge is 0.493 e. The van der Waals surface area contributed by atoms with Crippen LogP contribution in [0.3, 0.4) is 0 Å². The van der Waals surface area contributed by atoms with E-state index in [0.717, 1.165) is 43.0 Å². The van der Waals surface area contributed by atoms with Gasteiger partial charge in [-0.2, -0.15) is 0 Å². The van der Waals surface area contributed by atoms with Gasteiger partial charge in [0.25, 0.3) is 0 Å². The summed E-state index contributed by atoms with van der Waals surface area (Å²) >= 11 is 0. The molecule has 1 unspecified atom stereocenters. The molecule has 2 aliphatic rings. The highest BCUT2D eigenvalue weighted by atomic mass is 127. The Morgan fingerprint density at radius 3 is 2.81 bits per heavy atom. The first-order chi connectivity index (χ1) is 12.8. The average Bonchev–Trinajstić information content (AvgIpc) is 3.17. The number of carbonyl (C=O) groups is 1. The number of carbonyl (C=O) groups excluding carboxylic acids is 1. The predicted molar refractivity (Wildman–Crippen MR) is 117 cm³/mol. The standard InChI is InChI=1S/C20H29N3O3.HI/c1-21-20(22-13-6-11-19(24)26-15-7-2-3-8-15)23-17-12-14-25-18-10-5-4-9-16(17)18;/h4-5,9-10,15,17H,2-3,6-8,11-14H2,1H3,(H2,21,22,23);1H. The summed E-state index contributed by atoms with van der Waals surface area (Å²) in [5.74, 6) is 1.59. The maximum Gasteiger partial charge on any atom is 0.306 e. The number of guanidine groups is 1. The van der Waals surface area contributed by atoms with E-state index < -0.39 is 0 Å². The molecule has 0 radical (unpaired) electrons. The van der Waals surface area contributed by atoms with Crippen molar-refractivity contribution >= 4 is 35.9 Å². The molecule has 3 rings (SSSR count). The number of fused-ring (bicyclic) bond motifs is 1. The molecule has 27 heavy (non-hydrogen) atoms. The molecule has 1 atom stereocenters. The smallest absolute Gasteiger partial charge is 0.306 e. The molecule has 1 saturated carbocycles. The van der Waals surface area contributed by atoms with Gasteiger partial charge in [0.1, 0.15) is 11.9 Å². The number of para-hydroxylation sites is 1. The van der Waals surface area contributed by atoms with Gasteiger partial charge in [-0.05, 0) is 38.2 Å². The van der Waals surface area contributed by atoms with E-state index in [1.165, 1.54) is 12.8 Å². The quantitative estimate of drug-likeness (QED) is 0.211. The average molecular weight is 487 g/mol. The molecule has 1 aromatic carbocycles. The fourth-order valence-corrected chi connectivity index (χ4v) is 3.54. The number of nitrogens with one attached hydrogen (secondary N) is 2. The number of aliphatic imine (C=N–C) groups is 1. The summed E-state index contributed by atoms with van der Waals surface area (Å²) in [5.41, 5.74) is 1.15. The van der Waals surface area contributed by atoms with Crippen LogP contribution in [0.25, 0.3) is 0 Å². The summed E-state index contributed by atoms with van der Waals surface area (Å²) in [7, 11) is 1.76. The van der Waals surface area contributed by atoms with Crippen molar-refractivity contribution in [1.82, 2.24) is 10.6 Å². The lowest BCUT2D eigenvalue weighted by Crippen LogP contribution is -2.41. The van der Waals surface area contributed by atoms with Crippen LogP contribution < -0.4 is 15.4 Å². The first-order valence-electron chi connectivity index (χ1n) is 9.64. The zero-order valence-corrected chi connectivity index (χ0v) is 18.2. The van der Waals surface area contributed by atoms with Crippen LogP contribution in [0.1, 0.15) is 56.6 Å². The molecule has 0 bridgehead atoms. The predicted octanol–water partition coefficient (Wildman–Crippen LogP) is 3.56. The van der Waals surface area contributed by atoms with E-state index in [1.807, 2.05) is 18.2 Å². The maximum absolute atomic E-state index is 11.9. The molecule has 6 nitrogen and oxygen atoms in total. The van der Waals surface area contributed by atoms with Gasteiger partial charge in [-0.25, -0.2) is 0 Å². The fraction of sp³-hybridized carbons (Fsp3) is 0.600. The van der Waals surface area contributed by atoms with Crippen molar-refractivity contribution in [3.8, 4) is 5.75 Å². The molecule has 0 aromatic heterocycles. The molecular formula is C20H30IN3O3. The number of hydrogen-bond acceptors (Lipinski definition) is 4. The van der Waals surface area contributed by atoms with E-state index >= 15 is 0 Å². The zero-order chi connectivity index (χ0) is 18.2. The van der Waals surface area contributed by atoms with E-state index in [-0.39, 0.29) is 42.1 Å². The summed E-state index contributed by atoms with van der Waals surface area (Å²) in [4.78, 5) is 16.2. The highest BCUT2D eigenvalue weighted by Crippen LogP contribution is 2.31. The number of ether oxygens (including phenoxy) is 2. The van der Waals surface area contributed by atoms with E-state index in [2.05, 4.69) is 21.7 Å². The van der Waals surface area contributed by atoms with Crippen LogP contribution in [-0.4, -0.2) is 38.2 Å². The Morgan fingerprint density at radius 2 is 2.04 bits per heavy atom. The van der Waals surface area contributed by atoms with Crippen molar-refractivity contribution in [3.63, 3.8) is 0 Å². The number of hydrogen-bond donors (Lipinski definition) is 2. The molecule has 2 N–H and O–H groups in total. The van der Waals surface area contributed by atoms with Crippen molar-refractivity contribution in [2.75, 3.05) is 20.2 Å². The summed E-state index contributed by atoms with van der Waals surface area (Å²) in [6.07, 6.45) is 6.62. The maximum atomic E-state index is 11.9. The molecule has 0 saturated heterocycles. The monoisotopic (exact) mass is 487 g/mol. The Morgan fingerprint density at radius 1 is 1.26 bits per heavy atom. The van der Waals surface area contributed by atoms with Crippen LogP contribution in [0.4, 0.5) is 0 Å². The number of nitrogens with zero attached hydrogens (tertiary/aromatic N) is 1. The molecule has 7 heteroatoms. The summed E-state index contributed by atoms with van der Waals surface area (Å²) in [5, 5.41) is 6.74. The van der Waals surface area contributed by atoms with Gasteiger partial charge in [-0.1, -0.05) is 18.2 Å². The van der Waals surface area contributed by atoms with E-state index in [0.29, 0.717) is 19.6 Å². The highest BCUT2D eigenvalue weighted by molar-refractivity contribution is 14.0. The lowest BCUT2D eigenvalue weighted by Gasteiger charge is -2.28. The minimum absolute atomic E-state index is 0. The minimum atomic E-state index is -0.0833. The lowest BCUT2D eigenvalue weighted by atomic mass is 10.0. The number of halogens is 1. The van der Waals surface area contributed by atoms with E-state index in [9.17, 15) is 4.79 Å². The van der Waals surface area contributed by atoms with Gasteiger partial charge in [-0.3, -0.25) is 9.79 Å². The Hall–Kier alpha value is -1.51. The SMILES string of the molecule is CN=C(NCCCC(=O)OC1CCCC1)NC1CCOc2ccccc21.I. The molecule has 1 fully saturated rings. The van der Waals surface area contributed by atoms with Gasteiger partial charge in [0.05, 0.1) is 12.6 Å². The van der Waals surface area contributed by atoms with Gasteiger partial charge >= 0.3 is 5.97 Å². The van der Waals surface area contributed by atoms with E-state index in [4.69, 9.17) is 9.47 Å². The Bertz CT molecular complexity index is 633. The Kier molecular flexibility index (Phi) is 9.17. The van der Waals surface area contributed by atoms with Crippen LogP contribution in [0, 0.1) is 0 Å². The molecule has 1 aromatic rings. The lowest BCUT2D eigenvalue weighted by molar-refractivity contribution is -0.148. The Labute approximate surface area is 178 Å². The fourth-order valence-electron chi connectivity index (χ4n) is 3.54. The topological polar surface area (TPSA) is 72.0 Å². The third kappa shape index (κ3) is 6.55. The molecule has 1 aliphatic heterocycles. The van der Waals surface area contributed by atoms with Gasteiger partial charge in [0.2, 0.25) is 0 Å². The van der Waals surface area contributed by atoms with Gasteiger partial charge < -0.3 is 20.1 Å². The summed E-state index contributed by atoms with van der Waals surface area (Å²) in [6.45, 7) is 1.38. The third-order valence-corrected chi connectivity index (χ3v) is 4.94. The van der Waals surface area contributed by atoms with Crippen molar-refractivity contribution in [2.24, 2.45) is 4.99 Å². The second-order valence-electron chi connectivity index (χ2n) is 6.87. The normalized spacial score (nSPS) is 19.4. The van der Waals surface area contributed by atoms with E-state index in [1.54, 1.807) is 7.05 Å². The molecule has 150 valence electrons. The van der Waals surface area contributed by atoms with Crippen molar-refractivity contribution < 1.29 is 14.3 Å². The molecule has 0 amide bonds. The minimum Gasteiger partial charge on any atom is -0.493 e. The van der Waals surface area contributed by atoms with Gasteiger partial charge in [0, 0.05) is 32.0 Å². The molecule has 1 aliphatic carbocycles. The summed E-state index contributed by atoms with van der Waals surface area (Å²) in [6, 6.07) is 8.26. The van der Waals surface area contributed by atoms with Crippen molar-refractivity contribution in [1.29, 1.82) is 0 Å². The molecular weight excluding hydrogens is 457 g/mol. The first-order valence-corrected chi connectivity index (χ1v) is 9.64. The van der Waals surface area contributed by atoms with Crippen LogP contribution >= 0.6 is 24.0 Å². The third-order valence-electron chi connectivity index (χ3n) is 4.94. The molecule has 0 spiro atoms. The highest BCUT2D eigenvalue weighted by Gasteiger charge is 2.22. The second-order valence-corrected chi connectivity index (χ2v) is 6.87. The number of rotatable bonds is 6. The van der Waals surface area contributed by atoms with Crippen LogP contribution in [0.15, 0.2) is 29.3 Å². The molecule has 1 heterocycles. The van der Waals surface area contributed by atoms with Gasteiger partial charge in [0.15, 0.2) is 5.96 Å². The first kappa shape index (κ1) is 21.8. The van der Waals surface area contributed by atoms with Crippen LogP contribution in [0.2, 0.25) is 0 Å². The van der Waals surface area contributed by atoms with Gasteiger partial charge in [-0.15, -0.1) is 24.0 Å². The zero-order valence-electron chi connectivity index (χ0n) is 15.9. The second kappa shape index (κ2) is 11.4. The summed E-state index contributed by atoms with van der Waals surface area (Å²) < 4.78 is 11.2. The van der Waals surface area contributed by atoms with Crippen molar-refractivity contribution in [3.05, 3.63) is 29.8 Å². The number of benzene rings is 1. The van der Waals surface area contributed by atoms with Crippen LogP contribution in [0.5, 0.6) is 5.75 Å². The van der Waals surface area contributed by atoms with Crippen LogP contribution in [-0.2, 0) is 9.53 Å². The van der Waals surface area contributed by atoms with Crippen molar-refractivity contribution in [2.45, 2.75) is 57.1 Å². The Balaban J connectivity index is 0.00000261. The number of esters is 1.